The normalized spacial score (nSPS) is 14.3. The molecule has 0 radical (unpaired) electrons. The summed E-state index contributed by atoms with van der Waals surface area (Å²) >= 11 is 0. The number of carbonyl (C=O) groups excluding carboxylic acids is 1. The third kappa shape index (κ3) is 7.96. The largest absolute Gasteiger partial charge is 0.493 e. The Kier molecular flexibility index (Phi) is 9.47. The molecule has 1 aromatic carbocycles. The van der Waals surface area contributed by atoms with Gasteiger partial charge in [-0.15, -0.1) is 0 Å². The average Bonchev–Trinajstić information content (AvgIpc) is 2.92. The van der Waals surface area contributed by atoms with Crippen LogP contribution in [0.25, 0.3) is 11.3 Å². The number of carbonyl (C=O) groups is 1. The Labute approximate surface area is 227 Å². The molecule has 4 rings (SSSR count). The zero-order valence-corrected chi connectivity index (χ0v) is 22.7. The number of nitrogens with zero attached hydrogens (tertiary/aromatic N) is 2. The molecule has 9 nitrogen and oxygen atoms in total. The van der Waals surface area contributed by atoms with Crippen molar-refractivity contribution < 1.29 is 31.8 Å². The summed E-state index contributed by atoms with van der Waals surface area (Å²) < 4.78 is 58.9. The summed E-state index contributed by atoms with van der Waals surface area (Å²) in [5.74, 6) is -0.453. The summed E-state index contributed by atoms with van der Waals surface area (Å²) in [6, 6.07) is 11.5. The number of aromatic nitrogens is 2. The van der Waals surface area contributed by atoms with Crippen molar-refractivity contribution in [3.05, 3.63) is 66.1 Å². The van der Waals surface area contributed by atoms with E-state index in [0.717, 1.165) is 19.3 Å². The molecule has 2 aromatic heterocycles. The second-order valence-electron chi connectivity index (χ2n) is 9.73. The molecule has 11 heteroatoms. The van der Waals surface area contributed by atoms with E-state index in [0.29, 0.717) is 42.7 Å². The third-order valence-corrected chi connectivity index (χ3v) is 7.35. The molecule has 0 unspecified atom stereocenters. The molecule has 39 heavy (non-hydrogen) atoms. The second-order valence-corrected chi connectivity index (χ2v) is 11.4. The maximum atomic E-state index is 14.4. The van der Waals surface area contributed by atoms with Crippen molar-refractivity contribution in [3.63, 3.8) is 0 Å². The van der Waals surface area contributed by atoms with Crippen LogP contribution in [0, 0.1) is 17.7 Å². The van der Waals surface area contributed by atoms with Gasteiger partial charge in [-0.25, -0.2) is 19.1 Å². The van der Waals surface area contributed by atoms with E-state index in [9.17, 15) is 17.6 Å². The summed E-state index contributed by atoms with van der Waals surface area (Å²) in [6.07, 6.45) is 3.86. The molecule has 1 fully saturated rings. The summed E-state index contributed by atoms with van der Waals surface area (Å²) in [5.41, 5.74) is 0.697. The van der Waals surface area contributed by atoms with E-state index in [1.54, 1.807) is 12.1 Å². The van der Waals surface area contributed by atoms with Gasteiger partial charge in [0.05, 0.1) is 18.9 Å². The summed E-state index contributed by atoms with van der Waals surface area (Å²) in [7, 11) is -4.22. The zero-order valence-electron chi connectivity index (χ0n) is 21.9. The SMILES string of the molecule is CC(C)COc1cc(F)cc(-c2ccc(C(=O)NS(=O)(=O)c3ccccn3)c(OCCC3CCOCC3)n2)c1. The minimum Gasteiger partial charge on any atom is -0.493 e. The minimum absolute atomic E-state index is 0.0535. The van der Waals surface area contributed by atoms with Gasteiger partial charge in [0, 0.05) is 31.0 Å². The van der Waals surface area contributed by atoms with Crippen molar-refractivity contribution in [2.24, 2.45) is 11.8 Å². The van der Waals surface area contributed by atoms with Crippen molar-refractivity contribution in [1.29, 1.82) is 0 Å². The van der Waals surface area contributed by atoms with E-state index in [1.165, 1.54) is 42.6 Å². The van der Waals surface area contributed by atoms with Crippen LogP contribution in [0.1, 0.15) is 43.5 Å². The number of ether oxygens (including phenoxy) is 3. The number of hydrogen-bond acceptors (Lipinski definition) is 8. The highest BCUT2D eigenvalue weighted by atomic mass is 32.2. The van der Waals surface area contributed by atoms with Gasteiger partial charge < -0.3 is 14.2 Å². The summed E-state index contributed by atoms with van der Waals surface area (Å²) in [4.78, 5) is 21.4. The molecule has 0 saturated carbocycles. The molecule has 208 valence electrons. The Balaban J connectivity index is 1.61. The standard InChI is InChI=1S/C28H32FN3O6S/c1-19(2)18-38-23-16-21(15-22(29)17-23)25-7-6-24(27(33)32-39(34,35)26-5-3-4-11-30-26)28(31-25)37-14-10-20-8-12-36-13-9-20/h3-7,11,15-17,19-20H,8-10,12-14,18H2,1-2H3,(H,32,33). The van der Waals surface area contributed by atoms with E-state index in [4.69, 9.17) is 14.2 Å². The highest BCUT2D eigenvalue weighted by Crippen LogP contribution is 2.29. The molecule has 1 N–H and O–H groups in total. The van der Waals surface area contributed by atoms with Crippen LogP contribution in [0.3, 0.4) is 0 Å². The van der Waals surface area contributed by atoms with Gasteiger partial charge in [-0.1, -0.05) is 19.9 Å². The lowest BCUT2D eigenvalue weighted by atomic mass is 9.97. The fourth-order valence-electron chi connectivity index (χ4n) is 4.03. The minimum atomic E-state index is -4.22. The van der Waals surface area contributed by atoms with Gasteiger partial charge in [-0.2, -0.15) is 8.42 Å². The molecule has 1 saturated heterocycles. The molecule has 3 aromatic rings. The van der Waals surface area contributed by atoms with Crippen molar-refractivity contribution >= 4 is 15.9 Å². The molecular formula is C28H32FN3O6S. The van der Waals surface area contributed by atoms with Gasteiger partial charge in [0.2, 0.25) is 5.88 Å². The van der Waals surface area contributed by atoms with E-state index < -0.39 is 21.7 Å². The number of rotatable bonds is 11. The van der Waals surface area contributed by atoms with E-state index in [-0.39, 0.29) is 29.0 Å². The number of pyridine rings is 2. The molecule has 0 spiro atoms. The lowest BCUT2D eigenvalue weighted by Gasteiger charge is -2.22. The van der Waals surface area contributed by atoms with Crippen molar-refractivity contribution in [2.45, 2.75) is 38.1 Å². The van der Waals surface area contributed by atoms with E-state index in [2.05, 4.69) is 9.97 Å². The fourth-order valence-corrected chi connectivity index (χ4v) is 4.95. The van der Waals surface area contributed by atoms with Crippen LogP contribution in [0.5, 0.6) is 11.6 Å². The maximum absolute atomic E-state index is 14.4. The maximum Gasteiger partial charge on any atom is 0.281 e. The van der Waals surface area contributed by atoms with Crippen molar-refractivity contribution in [3.8, 4) is 22.9 Å². The third-order valence-electron chi connectivity index (χ3n) is 6.10. The zero-order chi connectivity index (χ0) is 27.8. The van der Waals surface area contributed by atoms with Crippen LogP contribution < -0.4 is 14.2 Å². The van der Waals surface area contributed by atoms with Crippen LogP contribution in [0.2, 0.25) is 0 Å². The summed E-state index contributed by atoms with van der Waals surface area (Å²) in [6.45, 7) is 6.05. The molecular weight excluding hydrogens is 525 g/mol. The monoisotopic (exact) mass is 557 g/mol. The number of amides is 1. The average molecular weight is 558 g/mol. The van der Waals surface area contributed by atoms with Crippen LogP contribution in [-0.4, -0.2) is 50.7 Å². The Morgan fingerprint density at radius 2 is 1.92 bits per heavy atom. The Morgan fingerprint density at radius 1 is 1.13 bits per heavy atom. The van der Waals surface area contributed by atoms with E-state index in [1.807, 2.05) is 18.6 Å². The Bertz CT molecular complexity index is 1380. The quantitative estimate of drug-likeness (QED) is 0.363. The van der Waals surface area contributed by atoms with Gasteiger partial charge in [0.15, 0.2) is 5.03 Å². The van der Waals surface area contributed by atoms with E-state index >= 15 is 0 Å². The number of nitrogens with one attached hydrogen (secondary N) is 1. The van der Waals surface area contributed by atoms with Crippen molar-refractivity contribution in [1.82, 2.24) is 14.7 Å². The Morgan fingerprint density at radius 3 is 2.64 bits per heavy atom. The van der Waals surface area contributed by atoms with Crippen molar-refractivity contribution in [2.75, 3.05) is 26.4 Å². The number of halogens is 1. The fraction of sp³-hybridized carbons (Fsp3) is 0.393. The first-order chi connectivity index (χ1) is 18.7. The second kappa shape index (κ2) is 13.0. The topological polar surface area (TPSA) is 117 Å². The van der Waals surface area contributed by atoms with Crippen LogP contribution in [0.15, 0.2) is 59.8 Å². The molecule has 1 aliphatic heterocycles. The number of hydrogen-bond donors (Lipinski definition) is 1. The highest BCUT2D eigenvalue weighted by molar-refractivity contribution is 7.90. The van der Waals surface area contributed by atoms with Gasteiger partial charge in [-0.05, 0) is 67.5 Å². The van der Waals surface area contributed by atoms with Crippen LogP contribution >= 0.6 is 0 Å². The smallest absolute Gasteiger partial charge is 0.281 e. The number of sulfonamides is 1. The van der Waals surface area contributed by atoms with Gasteiger partial charge >= 0.3 is 0 Å². The van der Waals surface area contributed by atoms with Gasteiger partial charge in [-0.3, -0.25) is 4.79 Å². The molecule has 1 aliphatic rings. The lowest BCUT2D eigenvalue weighted by molar-refractivity contribution is 0.0591. The first-order valence-corrected chi connectivity index (χ1v) is 14.3. The van der Waals surface area contributed by atoms with Gasteiger partial charge in [0.1, 0.15) is 17.1 Å². The van der Waals surface area contributed by atoms with Gasteiger partial charge in [0.25, 0.3) is 15.9 Å². The number of benzene rings is 1. The molecule has 1 amide bonds. The molecule has 3 heterocycles. The summed E-state index contributed by atoms with van der Waals surface area (Å²) in [5, 5.41) is -0.293. The predicted molar refractivity (Wildman–Crippen MR) is 143 cm³/mol. The lowest BCUT2D eigenvalue weighted by Crippen LogP contribution is -2.31. The first-order valence-electron chi connectivity index (χ1n) is 12.8. The molecule has 0 aliphatic carbocycles. The Hall–Kier alpha value is -3.57. The van der Waals surface area contributed by atoms with Crippen LogP contribution in [0.4, 0.5) is 4.39 Å². The first kappa shape index (κ1) is 28.4. The molecule has 0 atom stereocenters. The highest BCUT2D eigenvalue weighted by Gasteiger charge is 2.24. The molecule has 0 bridgehead atoms. The van der Waals surface area contributed by atoms with Crippen LogP contribution in [-0.2, 0) is 14.8 Å². The predicted octanol–water partition coefficient (Wildman–Crippen LogP) is 4.63.